The fourth-order valence-electron chi connectivity index (χ4n) is 4.41. The second-order valence-corrected chi connectivity index (χ2v) is 7.83. The van der Waals surface area contributed by atoms with Gasteiger partial charge in [-0.15, -0.1) is 0 Å². The summed E-state index contributed by atoms with van der Waals surface area (Å²) in [6.45, 7) is 11.7. The summed E-state index contributed by atoms with van der Waals surface area (Å²) in [7, 11) is 0. The Morgan fingerprint density at radius 3 is 2.08 bits per heavy atom. The molecule has 1 aromatic rings. The highest BCUT2D eigenvalue weighted by Crippen LogP contribution is 2.16. The van der Waals surface area contributed by atoms with Gasteiger partial charge in [0.25, 0.3) is 5.91 Å². The Bertz CT molecular complexity index is 553. The number of piperazine rings is 1. The maximum atomic E-state index is 12.8. The van der Waals surface area contributed by atoms with Crippen LogP contribution in [0.5, 0.6) is 0 Å². The van der Waals surface area contributed by atoms with Gasteiger partial charge in [-0.1, -0.05) is 32.4 Å². The molecule has 1 aromatic carbocycles. The van der Waals surface area contributed by atoms with Crippen LogP contribution in [0.1, 0.15) is 61.9 Å². The first-order valence-electron chi connectivity index (χ1n) is 10.6. The molecule has 4 nitrogen and oxygen atoms in total. The van der Waals surface area contributed by atoms with Crippen molar-refractivity contribution in [1.29, 1.82) is 0 Å². The summed E-state index contributed by atoms with van der Waals surface area (Å²) in [6, 6.07) is 9.00. The van der Waals surface area contributed by atoms with E-state index in [2.05, 4.69) is 35.8 Å². The van der Waals surface area contributed by atoms with Crippen molar-refractivity contribution < 1.29 is 4.79 Å². The number of likely N-dealkylation sites (tertiary alicyclic amines) is 1. The molecule has 144 valence electrons. The van der Waals surface area contributed by atoms with Crippen LogP contribution in [0.25, 0.3) is 0 Å². The Kier molecular flexibility index (Phi) is 7.09. The molecule has 0 spiro atoms. The molecule has 2 heterocycles. The standard InChI is InChI=1S/C22H35N3O/c1-3-21(4-2)24-14-16-25(17-15-24)22(26)20-10-8-19(9-11-20)18-23-12-6-5-7-13-23/h8-11,21H,3-7,12-18H2,1-2H3. The third-order valence-electron chi connectivity index (χ3n) is 6.12. The number of rotatable bonds is 6. The molecule has 26 heavy (non-hydrogen) atoms. The molecule has 0 aromatic heterocycles. The van der Waals surface area contributed by atoms with Crippen molar-refractivity contribution in [2.75, 3.05) is 39.3 Å². The highest BCUT2D eigenvalue weighted by atomic mass is 16.2. The summed E-state index contributed by atoms with van der Waals surface area (Å²) < 4.78 is 0. The number of benzene rings is 1. The summed E-state index contributed by atoms with van der Waals surface area (Å²) in [5, 5.41) is 0. The van der Waals surface area contributed by atoms with Crippen LogP contribution in [-0.4, -0.2) is 65.9 Å². The SMILES string of the molecule is CCC(CC)N1CCN(C(=O)c2ccc(CN3CCCCC3)cc2)CC1. The lowest BCUT2D eigenvalue weighted by atomic mass is 10.1. The molecule has 1 amide bonds. The van der Waals surface area contributed by atoms with Crippen molar-refractivity contribution in [1.82, 2.24) is 14.7 Å². The molecule has 3 rings (SSSR count). The van der Waals surface area contributed by atoms with E-state index in [1.165, 1.54) is 50.8 Å². The first kappa shape index (κ1) is 19.4. The van der Waals surface area contributed by atoms with Gasteiger partial charge in [-0.25, -0.2) is 0 Å². The molecular formula is C22H35N3O. The van der Waals surface area contributed by atoms with E-state index in [1.807, 2.05) is 17.0 Å². The second kappa shape index (κ2) is 9.52. The van der Waals surface area contributed by atoms with Gasteiger partial charge in [0, 0.05) is 44.3 Å². The molecule has 4 heteroatoms. The first-order chi connectivity index (χ1) is 12.7. The third-order valence-corrected chi connectivity index (χ3v) is 6.12. The van der Waals surface area contributed by atoms with E-state index in [9.17, 15) is 4.79 Å². The normalized spacial score (nSPS) is 19.9. The molecule has 0 aliphatic carbocycles. The fraction of sp³-hybridized carbons (Fsp3) is 0.682. The van der Waals surface area contributed by atoms with Gasteiger partial charge < -0.3 is 4.90 Å². The lowest BCUT2D eigenvalue weighted by Crippen LogP contribution is -2.51. The summed E-state index contributed by atoms with van der Waals surface area (Å²) in [6.07, 6.45) is 6.40. The minimum absolute atomic E-state index is 0.193. The van der Waals surface area contributed by atoms with Gasteiger partial charge in [-0.2, -0.15) is 0 Å². The Labute approximate surface area is 159 Å². The molecule has 2 fully saturated rings. The van der Waals surface area contributed by atoms with Crippen LogP contribution in [-0.2, 0) is 6.54 Å². The molecule has 2 saturated heterocycles. The zero-order valence-electron chi connectivity index (χ0n) is 16.6. The Morgan fingerprint density at radius 2 is 1.50 bits per heavy atom. The maximum absolute atomic E-state index is 12.8. The molecule has 2 aliphatic heterocycles. The van der Waals surface area contributed by atoms with Crippen LogP contribution in [0.3, 0.4) is 0 Å². The molecule has 0 N–H and O–H groups in total. The number of carbonyl (C=O) groups is 1. The smallest absolute Gasteiger partial charge is 0.253 e. The Hall–Kier alpha value is -1.39. The highest BCUT2D eigenvalue weighted by molar-refractivity contribution is 5.94. The Balaban J connectivity index is 1.52. The van der Waals surface area contributed by atoms with E-state index in [-0.39, 0.29) is 5.91 Å². The van der Waals surface area contributed by atoms with Crippen molar-refractivity contribution in [2.24, 2.45) is 0 Å². The van der Waals surface area contributed by atoms with Crippen LogP contribution in [0, 0.1) is 0 Å². The summed E-state index contributed by atoms with van der Waals surface area (Å²) >= 11 is 0. The highest BCUT2D eigenvalue weighted by Gasteiger charge is 2.25. The lowest BCUT2D eigenvalue weighted by Gasteiger charge is -2.38. The first-order valence-corrected chi connectivity index (χ1v) is 10.6. The topological polar surface area (TPSA) is 26.8 Å². The molecule has 0 unspecified atom stereocenters. The zero-order valence-corrected chi connectivity index (χ0v) is 16.6. The number of hydrogen-bond acceptors (Lipinski definition) is 3. The van der Waals surface area contributed by atoms with Gasteiger partial charge in [0.2, 0.25) is 0 Å². The Morgan fingerprint density at radius 1 is 0.885 bits per heavy atom. The maximum Gasteiger partial charge on any atom is 0.253 e. The number of nitrogens with zero attached hydrogens (tertiary/aromatic N) is 3. The van der Waals surface area contributed by atoms with Gasteiger partial charge >= 0.3 is 0 Å². The summed E-state index contributed by atoms with van der Waals surface area (Å²) in [5.41, 5.74) is 2.16. The average molecular weight is 358 g/mol. The van der Waals surface area contributed by atoms with E-state index in [1.54, 1.807) is 0 Å². The molecule has 0 saturated carbocycles. The van der Waals surface area contributed by atoms with E-state index in [4.69, 9.17) is 0 Å². The largest absolute Gasteiger partial charge is 0.336 e. The van der Waals surface area contributed by atoms with Crippen LogP contribution in [0.15, 0.2) is 24.3 Å². The third kappa shape index (κ3) is 4.86. The molecule has 0 atom stereocenters. The van der Waals surface area contributed by atoms with Crippen LogP contribution in [0.4, 0.5) is 0 Å². The van der Waals surface area contributed by atoms with Gasteiger partial charge in [-0.05, 0) is 56.5 Å². The average Bonchev–Trinajstić information content (AvgIpc) is 2.70. The molecule has 0 radical (unpaired) electrons. The van der Waals surface area contributed by atoms with Gasteiger partial charge in [0.1, 0.15) is 0 Å². The quantitative estimate of drug-likeness (QED) is 0.778. The summed E-state index contributed by atoms with van der Waals surface area (Å²) in [5.74, 6) is 0.193. The van der Waals surface area contributed by atoms with Crippen LogP contribution < -0.4 is 0 Å². The number of amides is 1. The van der Waals surface area contributed by atoms with Crippen LogP contribution in [0.2, 0.25) is 0 Å². The predicted molar refractivity (Wildman–Crippen MR) is 107 cm³/mol. The van der Waals surface area contributed by atoms with Gasteiger partial charge in [-0.3, -0.25) is 14.6 Å². The minimum Gasteiger partial charge on any atom is -0.336 e. The number of hydrogen-bond donors (Lipinski definition) is 0. The van der Waals surface area contributed by atoms with Crippen LogP contribution >= 0.6 is 0 Å². The summed E-state index contributed by atoms with van der Waals surface area (Å²) in [4.78, 5) is 19.9. The van der Waals surface area contributed by atoms with Crippen molar-refractivity contribution in [3.63, 3.8) is 0 Å². The molecule has 0 bridgehead atoms. The lowest BCUT2D eigenvalue weighted by molar-refractivity contribution is 0.0559. The van der Waals surface area contributed by atoms with E-state index >= 15 is 0 Å². The molecule has 2 aliphatic rings. The van der Waals surface area contributed by atoms with E-state index in [0.717, 1.165) is 38.3 Å². The van der Waals surface area contributed by atoms with Crippen molar-refractivity contribution >= 4 is 5.91 Å². The van der Waals surface area contributed by atoms with Crippen molar-refractivity contribution in [2.45, 2.75) is 58.5 Å². The van der Waals surface area contributed by atoms with Gasteiger partial charge in [0.05, 0.1) is 0 Å². The zero-order chi connectivity index (χ0) is 18.4. The number of carbonyl (C=O) groups excluding carboxylic acids is 1. The predicted octanol–water partition coefficient (Wildman–Crippen LogP) is 3.62. The van der Waals surface area contributed by atoms with E-state index in [0.29, 0.717) is 6.04 Å². The van der Waals surface area contributed by atoms with Crippen molar-refractivity contribution in [3.05, 3.63) is 35.4 Å². The molecular weight excluding hydrogens is 322 g/mol. The van der Waals surface area contributed by atoms with Gasteiger partial charge in [0.15, 0.2) is 0 Å². The minimum atomic E-state index is 0.193. The monoisotopic (exact) mass is 357 g/mol. The second-order valence-electron chi connectivity index (χ2n) is 7.83. The van der Waals surface area contributed by atoms with E-state index < -0.39 is 0 Å². The fourth-order valence-corrected chi connectivity index (χ4v) is 4.41. The van der Waals surface area contributed by atoms with Crippen molar-refractivity contribution in [3.8, 4) is 0 Å². The number of piperidine rings is 1.